The van der Waals surface area contributed by atoms with Crippen molar-refractivity contribution in [3.05, 3.63) is 6.20 Å². The van der Waals surface area contributed by atoms with Crippen LogP contribution in [0.2, 0.25) is 0 Å². The van der Waals surface area contributed by atoms with Crippen LogP contribution in [-0.2, 0) is 7.05 Å². The average Bonchev–Trinajstić information content (AvgIpc) is 2.61. The van der Waals surface area contributed by atoms with Crippen LogP contribution in [0.3, 0.4) is 0 Å². The quantitative estimate of drug-likeness (QED) is 0.671. The number of aryl methyl sites for hydroxylation is 1. The molecule has 0 amide bonds. The van der Waals surface area contributed by atoms with E-state index < -0.39 is 0 Å². The van der Waals surface area contributed by atoms with Crippen molar-refractivity contribution < 1.29 is 0 Å². The Labute approximate surface area is 105 Å². The van der Waals surface area contributed by atoms with Crippen LogP contribution in [0.1, 0.15) is 19.8 Å². The lowest BCUT2D eigenvalue weighted by atomic mass is 9.99. The van der Waals surface area contributed by atoms with Crippen LogP contribution in [0.4, 0.5) is 11.5 Å². The van der Waals surface area contributed by atoms with Crippen LogP contribution in [0.25, 0.3) is 0 Å². The molecule has 5 heteroatoms. The first kappa shape index (κ1) is 11.0. The normalized spacial score (nSPS) is 18.2. The minimum Gasteiger partial charge on any atom is -0.355 e. The summed E-state index contributed by atoms with van der Waals surface area (Å²) in [5, 5.41) is 4.29. The van der Waals surface area contributed by atoms with E-state index in [1.54, 1.807) is 0 Å². The van der Waals surface area contributed by atoms with Crippen molar-refractivity contribution in [1.82, 2.24) is 9.78 Å². The third-order valence-electron chi connectivity index (χ3n) is 3.09. The standard InChI is InChI=1S/C10H17IN4/c1-8-3-5-15(6-4-8)10-9(13-11)7-12-14(10)2/h7-8,13H,3-6H2,1-2H3. The summed E-state index contributed by atoms with van der Waals surface area (Å²) in [4.78, 5) is 2.42. The van der Waals surface area contributed by atoms with Gasteiger partial charge in [0.15, 0.2) is 5.82 Å². The van der Waals surface area contributed by atoms with Crippen molar-refractivity contribution in [2.24, 2.45) is 13.0 Å². The van der Waals surface area contributed by atoms with Gasteiger partial charge in [0.2, 0.25) is 0 Å². The van der Waals surface area contributed by atoms with Gasteiger partial charge in [-0.05, 0) is 18.8 Å². The van der Waals surface area contributed by atoms with Crippen LogP contribution in [-0.4, -0.2) is 22.9 Å². The summed E-state index contributed by atoms with van der Waals surface area (Å²) < 4.78 is 5.13. The zero-order chi connectivity index (χ0) is 10.8. The number of nitrogens with one attached hydrogen (secondary N) is 1. The van der Waals surface area contributed by atoms with E-state index in [1.165, 1.54) is 18.7 Å². The summed E-state index contributed by atoms with van der Waals surface area (Å²) in [7, 11) is 2.00. The lowest BCUT2D eigenvalue weighted by molar-refractivity contribution is 0.433. The Bertz CT molecular complexity index is 328. The molecule has 0 spiro atoms. The molecule has 0 saturated carbocycles. The van der Waals surface area contributed by atoms with Gasteiger partial charge < -0.3 is 8.43 Å². The molecule has 2 rings (SSSR count). The van der Waals surface area contributed by atoms with Crippen molar-refractivity contribution in [2.45, 2.75) is 19.8 Å². The van der Waals surface area contributed by atoms with Crippen molar-refractivity contribution in [3.63, 3.8) is 0 Å². The Morgan fingerprint density at radius 3 is 2.73 bits per heavy atom. The Morgan fingerprint density at radius 1 is 1.47 bits per heavy atom. The predicted octanol–water partition coefficient (Wildman–Crippen LogP) is 2.42. The Morgan fingerprint density at radius 2 is 2.13 bits per heavy atom. The maximum atomic E-state index is 4.29. The summed E-state index contributed by atoms with van der Waals surface area (Å²) in [6.45, 7) is 4.62. The van der Waals surface area contributed by atoms with Gasteiger partial charge in [0.1, 0.15) is 5.69 Å². The first-order chi connectivity index (χ1) is 7.22. The molecule has 1 saturated heterocycles. The molecule has 0 unspecified atom stereocenters. The summed E-state index contributed by atoms with van der Waals surface area (Å²) in [6, 6.07) is 0. The highest BCUT2D eigenvalue weighted by atomic mass is 127. The predicted molar refractivity (Wildman–Crippen MR) is 71.5 cm³/mol. The minimum atomic E-state index is 0.866. The first-order valence-corrected chi connectivity index (χ1v) is 6.44. The van der Waals surface area contributed by atoms with E-state index in [4.69, 9.17) is 0 Å². The lowest BCUT2D eigenvalue weighted by Crippen LogP contribution is -2.34. The SMILES string of the molecule is CC1CCN(c2c(NI)cnn2C)CC1. The van der Waals surface area contributed by atoms with E-state index in [-0.39, 0.29) is 0 Å². The number of piperidine rings is 1. The second-order valence-corrected chi connectivity index (χ2v) is 4.81. The van der Waals surface area contributed by atoms with Crippen molar-refractivity contribution in [2.75, 3.05) is 21.5 Å². The van der Waals surface area contributed by atoms with E-state index in [0.29, 0.717) is 0 Å². The van der Waals surface area contributed by atoms with Crippen molar-refractivity contribution >= 4 is 34.4 Å². The van der Waals surface area contributed by atoms with Crippen molar-refractivity contribution in [1.29, 1.82) is 0 Å². The van der Waals surface area contributed by atoms with Gasteiger partial charge in [-0.15, -0.1) is 0 Å². The van der Waals surface area contributed by atoms with Crippen molar-refractivity contribution in [3.8, 4) is 0 Å². The number of rotatable bonds is 2. The highest BCUT2D eigenvalue weighted by molar-refractivity contribution is 14.1. The fourth-order valence-corrected chi connectivity index (χ4v) is 2.47. The molecule has 84 valence electrons. The molecule has 15 heavy (non-hydrogen) atoms. The average molecular weight is 320 g/mol. The molecule has 0 aromatic carbocycles. The second-order valence-electron chi connectivity index (χ2n) is 4.27. The molecular weight excluding hydrogens is 303 g/mol. The van der Waals surface area contributed by atoms with Crippen LogP contribution >= 0.6 is 22.9 Å². The largest absolute Gasteiger partial charge is 0.355 e. The van der Waals surface area contributed by atoms with Gasteiger partial charge in [0, 0.05) is 20.1 Å². The van der Waals surface area contributed by atoms with Gasteiger partial charge >= 0.3 is 0 Å². The molecule has 1 aromatic rings. The fraction of sp³-hybridized carbons (Fsp3) is 0.700. The fourth-order valence-electron chi connectivity index (χ4n) is 2.09. The molecule has 1 aliphatic heterocycles. The smallest absolute Gasteiger partial charge is 0.151 e. The number of aromatic nitrogens is 2. The maximum absolute atomic E-state index is 4.29. The van der Waals surface area contributed by atoms with Gasteiger partial charge in [-0.25, -0.2) is 0 Å². The molecule has 0 aliphatic carbocycles. The monoisotopic (exact) mass is 320 g/mol. The number of anilines is 2. The molecule has 0 atom stereocenters. The zero-order valence-electron chi connectivity index (χ0n) is 9.20. The highest BCUT2D eigenvalue weighted by Gasteiger charge is 2.20. The molecule has 0 radical (unpaired) electrons. The number of hydrogen-bond donors (Lipinski definition) is 1. The Balaban J connectivity index is 2.17. The number of halogens is 1. The summed E-state index contributed by atoms with van der Waals surface area (Å²) in [5.41, 5.74) is 1.12. The van der Waals surface area contributed by atoms with Crippen LogP contribution in [0.15, 0.2) is 6.20 Å². The van der Waals surface area contributed by atoms with E-state index >= 15 is 0 Å². The Kier molecular flexibility index (Phi) is 3.38. The molecule has 1 fully saturated rings. The summed E-state index contributed by atoms with van der Waals surface area (Å²) >= 11 is 2.16. The molecule has 1 N–H and O–H groups in total. The third kappa shape index (κ3) is 2.21. The molecule has 1 aliphatic rings. The number of nitrogens with zero attached hydrogens (tertiary/aromatic N) is 3. The van der Waals surface area contributed by atoms with Gasteiger partial charge in [-0.2, -0.15) is 5.10 Å². The number of hydrogen-bond acceptors (Lipinski definition) is 3. The Hall–Kier alpha value is -0.460. The lowest BCUT2D eigenvalue weighted by Gasteiger charge is -2.32. The summed E-state index contributed by atoms with van der Waals surface area (Å²) in [5.74, 6) is 2.08. The van der Waals surface area contributed by atoms with E-state index in [9.17, 15) is 0 Å². The van der Waals surface area contributed by atoms with Crippen LogP contribution in [0, 0.1) is 5.92 Å². The van der Waals surface area contributed by atoms with Gasteiger partial charge in [0.25, 0.3) is 0 Å². The van der Waals surface area contributed by atoms with Gasteiger partial charge in [0.05, 0.1) is 29.1 Å². The van der Waals surface area contributed by atoms with Crippen LogP contribution < -0.4 is 8.43 Å². The third-order valence-corrected chi connectivity index (χ3v) is 3.67. The highest BCUT2D eigenvalue weighted by Crippen LogP contribution is 2.29. The topological polar surface area (TPSA) is 33.1 Å². The second kappa shape index (κ2) is 4.59. The van der Waals surface area contributed by atoms with E-state index in [1.807, 2.05) is 17.9 Å². The van der Waals surface area contributed by atoms with Gasteiger partial charge in [-0.3, -0.25) is 4.68 Å². The zero-order valence-corrected chi connectivity index (χ0v) is 11.4. The molecule has 4 nitrogen and oxygen atoms in total. The van der Waals surface area contributed by atoms with Gasteiger partial charge in [-0.1, -0.05) is 6.92 Å². The maximum Gasteiger partial charge on any atom is 0.151 e. The minimum absolute atomic E-state index is 0.866. The molecule has 2 heterocycles. The summed E-state index contributed by atoms with van der Waals surface area (Å²) in [6.07, 6.45) is 4.46. The molecule has 0 bridgehead atoms. The van der Waals surface area contributed by atoms with Crippen LogP contribution in [0.5, 0.6) is 0 Å². The van der Waals surface area contributed by atoms with E-state index in [0.717, 1.165) is 24.7 Å². The molecular formula is C10H17IN4. The van der Waals surface area contributed by atoms with E-state index in [2.05, 4.69) is 43.3 Å². The molecule has 1 aromatic heterocycles. The first-order valence-electron chi connectivity index (χ1n) is 5.36.